The molecule has 2 heterocycles. The highest BCUT2D eigenvalue weighted by Crippen LogP contribution is 2.30. The third-order valence-electron chi connectivity index (χ3n) is 4.08. The van der Waals surface area contributed by atoms with Crippen LogP contribution in [0.4, 0.5) is 5.13 Å². The fourth-order valence-electron chi connectivity index (χ4n) is 2.60. The molecule has 0 aliphatic rings. The number of amides is 1. The van der Waals surface area contributed by atoms with Gasteiger partial charge in [0.15, 0.2) is 15.6 Å². The number of carbonyl (C=O) groups excluding carboxylic acids is 1. The van der Waals surface area contributed by atoms with Crippen LogP contribution in [0.15, 0.2) is 45.5 Å². The fourth-order valence-corrected chi connectivity index (χ4v) is 3.90. The number of likely N-dealkylation sites (N-methyl/N-ethyl adjacent to an activating group) is 1. The molecule has 0 spiro atoms. The molecule has 0 saturated heterocycles. The lowest BCUT2D eigenvalue weighted by molar-refractivity contribution is 0.0956. The maximum Gasteiger partial charge on any atom is 0.295 e. The molecule has 0 N–H and O–H groups in total. The SMILES string of the molecule is CCN(CC)CCN(C(=O)c1ccc(Br)o1)c1nc2ccccc2s1.Cl. The van der Waals surface area contributed by atoms with Gasteiger partial charge >= 0.3 is 0 Å². The Morgan fingerprint density at radius 1 is 1.15 bits per heavy atom. The monoisotopic (exact) mass is 457 g/mol. The normalized spacial score (nSPS) is 10.9. The Hall–Kier alpha value is -1.41. The van der Waals surface area contributed by atoms with E-state index in [9.17, 15) is 4.79 Å². The minimum absolute atomic E-state index is 0. The van der Waals surface area contributed by atoms with E-state index in [0.29, 0.717) is 22.1 Å². The third kappa shape index (κ3) is 4.65. The van der Waals surface area contributed by atoms with Gasteiger partial charge in [-0.25, -0.2) is 4.98 Å². The van der Waals surface area contributed by atoms with E-state index in [0.717, 1.165) is 29.9 Å². The van der Waals surface area contributed by atoms with E-state index in [1.54, 1.807) is 17.0 Å². The zero-order chi connectivity index (χ0) is 17.8. The molecule has 3 rings (SSSR count). The molecule has 26 heavy (non-hydrogen) atoms. The van der Waals surface area contributed by atoms with Crippen molar-refractivity contribution in [3.63, 3.8) is 0 Å². The van der Waals surface area contributed by atoms with E-state index in [1.165, 1.54) is 11.3 Å². The van der Waals surface area contributed by atoms with Gasteiger partial charge in [0.05, 0.1) is 10.2 Å². The van der Waals surface area contributed by atoms with E-state index in [-0.39, 0.29) is 18.3 Å². The summed E-state index contributed by atoms with van der Waals surface area (Å²) in [7, 11) is 0. The van der Waals surface area contributed by atoms with Gasteiger partial charge in [0.25, 0.3) is 5.91 Å². The number of para-hydroxylation sites is 1. The van der Waals surface area contributed by atoms with Crippen molar-refractivity contribution >= 4 is 60.9 Å². The molecule has 2 aromatic heterocycles. The molecule has 0 fully saturated rings. The van der Waals surface area contributed by atoms with E-state index in [2.05, 4.69) is 39.7 Å². The number of furan rings is 1. The molecule has 0 aliphatic carbocycles. The van der Waals surface area contributed by atoms with Crippen LogP contribution in [0.2, 0.25) is 0 Å². The summed E-state index contributed by atoms with van der Waals surface area (Å²) < 4.78 is 7.08. The quantitative estimate of drug-likeness (QED) is 0.496. The lowest BCUT2D eigenvalue weighted by Crippen LogP contribution is -2.38. The van der Waals surface area contributed by atoms with Crippen LogP contribution in [0.3, 0.4) is 0 Å². The van der Waals surface area contributed by atoms with Crippen molar-refractivity contribution < 1.29 is 9.21 Å². The van der Waals surface area contributed by atoms with Crippen LogP contribution >= 0.6 is 39.7 Å². The van der Waals surface area contributed by atoms with Crippen LogP contribution in [-0.4, -0.2) is 42.0 Å². The predicted molar refractivity (Wildman–Crippen MR) is 113 cm³/mol. The average Bonchev–Trinajstić information content (AvgIpc) is 3.24. The predicted octanol–water partition coefficient (Wildman–Crippen LogP) is 5.06. The van der Waals surface area contributed by atoms with Gasteiger partial charge in [0.2, 0.25) is 0 Å². The van der Waals surface area contributed by atoms with E-state index < -0.39 is 0 Å². The molecule has 0 atom stereocenters. The number of benzene rings is 1. The maximum absolute atomic E-state index is 13.0. The number of carbonyl (C=O) groups is 1. The Morgan fingerprint density at radius 2 is 1.88 bits per heavy atom. The summed E-state index contributed by atoms with van der Waals surface area (Å²) in [4.78, 5) is 21.6. The van der Waals surface area contributed by atoms with Crippen molar-refractivity contribution in [1.29, 1.82) is 0 Å². The van der Waals surface area contributed by atoms with Crippen LogP contribution in [0.25, 0.3) is 10.2 Å². The van der Waals surface area contributed by atoms with Gasteiger partial charge in [0.1, 0.15) is 0 Å². The topological polar surface area (TPSA) is 49.6 Å². The second kappa shape index (κ2) is 9.50. The molecular formula is C18H21BrClN3O2S. The minimum Gasteiger partial charge on any atom is -0.444 e. The van der Waals surface area contributed by atoms with Crippen LogP contribution in [0.5, 0.6) is 0 Å². The number of rotatable bonds is 7. The third-order valence-corrected chi connectivity index (χ3v) is 5.56. The molecule has 0 saturated carbocycles. The first-order chi connectivity index (χ1) is 12.1. The second-order valence-corrected chi connectivity index (χ2v) is 7.34. The number of fused-ring (bicyclic) bond motifs is 1. The number of halogens is 2. The van der Waals surface area contributed by atoms with E-state index in [4.69, 9.17) is 4.42 Å². The van der Waals surface area contributed by atoms with Gasteiger partial charge in [-0.2, -0.15) is 0 Å². The summed E-state index contributed by atoms with van der Waals surface area (Å²) in [6, 6.07) is 11.3. The van der Waals surface area contributed by atoms with Crippen LogP contribution in [0.1, 0.15) is 24.4 Å². The molecule has 0 aliphatic heterocycles. The first-order valence-electron chi connectivity index (χ1n) is 8.27. The molecule has 8 heteroatoms. The number of hydrogen-bond donors (Lipinski definition) is 0. The Kier molecular flexibility index (Phi) is 7.64. The summed E-state index contributed by atoms with van der Waals surface area (Å²) in [6.45, 7) is 7.50. The number of thiazole rings is 1. The summed E-state index contributed by atoms with van der Waals surface area (Å²) in [5, 5.41) is 0.700. The van der Waals surface area contributed by atoms with Gasteiger partial charge in [-0.1, -0.05) is 37.3 Å². The molecule has 5 nitrogen and oxygen atoms in total. The van der Waals surface area contributed by atoms with Gasteiger partial charge in [-0.3, -0.25) is 9.69 Å². The molecule has 1 aromatic carbocycles. The molecule has 3 aromatic rings. The standard InChI is InChI=1S/C18H20BrN3O2S.ClH/c1-3-21(4-2)11-12-22(17(23)14-9-10-16(19)24-14)18-20-13-7-5-6-8-15(13)25-18;/h5-10H,3-4,11-12H2,1-2H3;1H. The zero-order valence-corrected chi connectivity index (χ0v) is 17.9. The van der Waals surface area contributed by atoms with Gasteiger partial charge in [0, 0.05) is 13.1 Å². The number of nitrogens with zero attached hydrogens (tertiary/aromatic N) is 3. The average molecular weight is 459 g/mol. The highest BCUT2D eigenvalue weighted by atomic mass is 79.9. The highest BCUT2D eigenvalue weighted by molar-refractivity contribution is 9.10. The van der Waals surface area contributed by atoms with Crippen molar-refractivity contribution in [2.75, 3.05) is 31.1 Å². The largest absolute Gasteiger partial charge is 0.444 e. The lowest BCUT2D eigenvalue weighted by Gasteiger charge is -2.24. The molecular weight excluding hydrogens is 438 g/mol. The molecule has 140 valence electrons. The lowest BCUT2D eigenvalue weighted by atomic mass is 10.3. The van der Waals surface area contributed by atoms with Crippen LogP contribution in [-0.2, 0) is 0 Å². The fraction of sp³-hybridized carbons (Fsp3) is 0.333. The van der Waals surface area contributed by atoms with E-state index >= 15 is 0 Å². The number of aromatic nitrogens is 1. The molecule has 0 unspecified atom stereocenters. The first kappa shape index (κ1) is 20.9. The van der Waals surface area contributed by atoms with Crippen molar-refractivity contribution in [2.24, 2.45) is 0 Å². The summed E-state index contributed by atoms with van der Waals surface area (Å²) in [5.74, 6) is 0.141. The van der Waals surface area contributed by atoms with Gasteiger partial charge in [-0.15, -0.1) is 12.4 Å². The maximum atomic E-state index is 13.0. The van der Waals surface area contributed by atoms with Crippen molar-refractivity contribution in [3.8, 4) is 0 Å². The highest BCUT2D eigenvalue weighted by Gasteiger charge is 2.24. The van der Waals surface area contributed by atoms with Gasteiger partial charge < -0.3 is 9.32 Å². The first-order valence-corrected chi connectivity index (χ1v) is 9.88. The number of hydrogen-bond acceptors (Lipinski definition) is 5. The zero-order valence-electron chi connectivity index (χ0n) is 14.6. The summed E-state index contributed by atoms with van der Waals surface area (Å²) in [6.07, 6.45) is 0. The van der Waals surface area contributed by atoms with Crippen LogP contribution < -0.4 is 4.90 Å². The Morgan fingerprint density at radius 3 is 2.50 bits per heavy atom. The Bertz CT molecular complexity index is 830. The Labute approximate surface area is 171 Å². The molecule has 0 bridgehead atoms. The van der Waals surface area contributed by atoms with E-state index in [1.807, 2.05) is 24.3 Å². The van der Waals surface area contributed by atoms with Crippen molar-refractivity contribution in [2.45, 2.75) is 13.8 Å². The summed E-state index contributed by atoms with van der Waals surface area (Å²) in [5.41, 5.74) is 0.906. The summed E-state index contributed by atoms with van der Waals surface area (Å²) >= 11 is 4.78. The van der Waals surface area contributed by atoms with Crippen molar-refractivity contribution in [1.82, 2.24) is 9.88 Å². The second-order valence-electron chi connectivity index (χ2n) is 5.55. The smallest absolute Gasteiger partial charge is 0.295 e. The minimum atomic E-state index is -0.170. The Balaban J connectivity index is 0.00000243. The molecule has 1 amide bonds. The number of anilines is 1. The molecule has 0 radical (unpaired) electrons. The van der Waals surface area contributed by atoms with Crippen molar-refractivity contribution in [3.05, 3.63) is 46.8 Å². The van der Waals surface area contributed by atoms with Gasteiger partial charge in [-0.05, 0) is 53.3 Å². The van der Waals surface area contributed by atoms with Crippen LogP contribution in [0, 0.1) is 0 Å².